The molecule has 3 rings (SSSR count). The van der Waals surface area contributed by atoms with E-state index in [0.29, 0.717) is 6.10 Å². The Labute approximate surface area is 95.9 Å². The summed E-state index contributed by atoms with van der Waals surface area (Å²) in [5, 5.41) is 0. The highest BCUT2D eigenvalue weighted by Crippen LogP contribution is 2.54. The van der Waals surface area contributed by atoms with Crippen LogP contribution in [0.2, 0.25) is 0 Å². The first kappa shape index (κ1) is 10.4. The third-order valence-electron chi connectivity index (χ3n) is 3.85. The molecule has 2 atom stereocenters. The summed E-state index contributed by atoms with van der Waals surface area (Å²) in [4.78, 5) is 14.0. The van der Waals surface area contributed by atoms with Gasteiger partial charge in [0, 0.05) is 0 Å². The number of ether oxygens (including phenoxy) is 2. The molecule has 2 heterocycles. The molecular formula is C12H19NO3. The molecule has 0 aromatic heterocycles. The van der Waals surface area contributed by atoms with Crippen LogP contribution in [0, 0.1) is 0 Å². The van der Waals surface area contributed by atoms with Crippen LogP contribution < -0.4 is 0 Å². The van der Waals surface area contributed by atoms with E-state index in [4.69, 9.17) is 9.47 Å². The number of morpholine rings is 1. The average Bonchev–Trinajstić information content (AvgIpc) is 2.73. The smallest absolute Gasteiger partial charge is 0.410 e. The fraction of sp³-hybridized carbons (Fsp3) is 0.917. The molecule has 0 bridgehead atoms. The number of carbonyl (C=O) groups excluding carboxylic acids is 1. The molecule has 2 saturated heterocycles. The van der Waals surface area contributed by atoms with Crippen LogP contribution in [-0.4, -0.2) is 40.9 Å². The van der Waals surface area contributed by atoms with Gasteiger partial charge in [-0.15, -0.1) is 0 Å². The zero-order chi connectivity index (χ0) is 11.6. The lowest BCUT2D eigenvalue weighted by atomic mass is 9.74. The van der Waals surface area contributed by atoms with Gasteiger partial charge in [0.05, 0.1) is 12.1 Å². The third-order valence-corrected chi connectivity index (χ3v) is 3.85. The van der Waals surface area contributed by atoms with Crippen molar-refractivity contribution in [3.05, 3.63) is 0 Å². The second kappa shape index (κ2) is 2.92. The fourth-order valence-electron chi connectivity index (χ4n) is 2.94. The maximum atomic E-state index is 12.1. The van der Waals surface area contributed by atoms with Gasteiger partial charge in [0.2, 0.25) is 0 Å². The lowest BCUT2D eigenvalue weighted by Crippen LogP contribution is -2.57. The topological polar surface area (TPSA) is 42.1 Å². The van der Waals surface area contributed by atoms with Crippen LogP contribution in [0.4, 0.5) is 4.79 Å². The molecule has 1 aliphatic carbocycles. The van der Waals surface area contributed by atoms with Crippen molar-refractivity contribution in [1.29, 1.82) is 0 Å². The van der Waals surface area contributed by atoms with Crippen molar-refractivity contribution in [1.82, 2.24) is 4.90 Å². The van der Waals surface area contributed by atoms with Gasteiger partial charge in [-0.05, 0) is 40.0 Å². The molecule has 3 fully saturated rings. The SMILES string of the molecule is CC(C)(C)OC(=O)N1CC2OC2C12CCC2. The average molecular weight is 225 g/mol. The van der Waals surface area contributed by atoms with Crippen LogP contribution in [0.25, 0.3) is 0 Å². The number of hydrogen-bond acceptors (Lipinski definition) is 3. The first-order valence-corrected chi connectivity index (χ1v) is 6.08. The zero-order valence-electron chi connectivity index (χ0n) is 10.2. The van der Waals surface area contributed by atoms with E-state index >= 15 is 0 Å². The highest BCUT2D eigenvalue weighted by molar-refractivity contribution is 5.71. The number of likely N-dealkylation sites (tertiary alicyclic amines) is 1. The first-order valence-electron chi connectivity index (χ1n) is 6.08. The van der Waals surface area contributed by atoms with Crippen molar-refractivity contribution in [2.24, 2.45) is 0 Å². The van der Waals surface area contributed by atoms with Crippen molar-refractivity contribution < 1.29 is 14.3 Å². The molecule has 3 aliphatic rings. The van der Waals surface area contributed by atoms with E-state index in [1.807, 2.05) is 25.7 Å². The Morgan fingerprint density at radius 1 is 1.44 bits per heavy atom. The molecule has 0 aromatic carbocycles. The molecule has 1 spiro atoms. The Hall–Kier alpha value is -0.770. The third kappa shape index (κ3) is 1.35. The Morgan fingerprint density at radius 3 is 2.62 bits per heavy atom. The van der Waals surface area contributed by atoms with Crippen LogP contribution in [0.1, 0.15) is 40.0 Å². The molecule has 0 N–H and O–H groups in total. The van der Waals surface area contributed by atoms with Gasteiger partial charge in [0.1, 0.15) is 17.8 Å². The Balaban J connectivity index is 1.73. The predicted molar refractivity (Wildman–Crippen MR) is 58.2 cm³/mol. The molecule has 16 heavy (non-hydrogen) atoms. The molecule has 90 valence electrons. The maximum absolute atomic E-state index is 12.1. The summed E-state index contributed by atoms with van der Waals surface area (Å²) in [5.74, 6) is 0. The Morgan fingerprint density at radius 2 is 2.12 bits per heavy atom. The summed E-state index contributed by atoms with van der Waals surface area (Å²) in [6.45, 7) is 6.45. The number of nitrogens with zero attached hydrogens (tertiary/aromatic N) is 1. The Kier molecular flexibility index (Phi) is 1.89. The zero-order valence-corrected chi connectivity index (χ0v) is 10.2. The summed E-state index contributed by atoms with van der Waals surface area (Å²) in [6.07, 6.45) is 3.77. The highest BCUT2D eigenvalue weighted by Gasteiger charge is 2.68. The minimum absolute atomic E-state index is 0.00694. The summed E-state index contributed by atoms with van der Waals surface area (Å²) < 4.78 is 11.0. The molecule has 0 aromatic rings. The van der Waals surface area contributed by atoms with Gasteiger partial charge in [0.25, 0.3) is 0 Å². The molecule has 4 nitrogen and oxygen atoms in total. The highest BCUT2D eigenvalue weighted by atomic mass is 16.6. The van der Waals surface area contributed by atoms with Crippen molar-refractivity contribution >= 4 is 6.09 Å². The quantitative estimate of drug-likeness (QED) is 0.591. The number of carbonyl (C=O) groups is 1. The molecular weight excluding hydrogens is 206 g/mol. The van der Waals surface area contributed by atoms with Crippen molar-refractivity contribution in [3.8, 4) is 0 Å². The lowest BCUT2D eigenvalue weighted by molar-refractivity contribution is -0.0358. The summed E-state index contributed by atoms with van der Waals surface area (Å²) in [5.41, 5.74) is -0.414. The number of hydrogen-bond donors (Lipinski definition) is 0. The minimum Gasteiger partial charge on any atom is -0.444 e. The van der Waals surface area contributed by atoms with E-state index in [1.54, 1.807) is 0 Å². The van der Waals surface area contributed by atoms with Crippen LogP contribution in [0.5, 0.6) is 0 Å². The van der Waals surface area contributed by atoms with E-state index in [1.165, 1.54) is 6.42 Å². The van der Waals surface area contributed by atoms with Crippen molar-refractivity contribution in [2.45, 2.75) is 63.4 Å². The fourth-order valence-corrected chi connectivity index (χ4v) is 2.94. The number of amides is 1. The standard InChI is InChI=1S/C12H19NO3/c1-11(2,3)16-10(14)13-7-8-9(15-8)12(13)5-4-6-12/h8-9H,4-7H2,1-3H3. The van der Waals surface area contributed by atoms with Gasteiger partial charge >= 0.3 is 6.09 Å². The van der Waals surface area contributed by atoms with Gasteiger partial charge in [0.15, 0.2) is 0 Å². The largest absolute Gasteiger partial charge is 0.444 e. The molecule has 2 aliphatic heterocycles. The van der Waals surface area contributed by atoms with Crippen LogP contribution in [-0.2, 0) is 9.47 Å². The van der Waals surface area contributed by atoms with Crippen molar-refractivity contribution in [2.75, 3.05) is 6.54 Å². The van der Waals surface area contributed by atoms with Gasteiger partial charge in [-0.3, -0.25) is 4.90 Å². The minimum atomic E-state index is -0.407. The normalized spacial score (nSPS) is 34.6. The summed E-state index contributed by atoms with van der Waals surface area (Å²) in [7, 11) is 0. The Bertz CT molecular complexity index is 330. The lowest BCUT2D eigenvalue weighted by Gasteiger charge is -2.46. The van der Waals surface area contributed by atoms with Crippen LogP contribution >= 0.6 is 0 Å². The van der Waals surface area contributed by atoms with Crippen LogP contribution in [0.15, 0.2) is 0 Å². The van der Waals surface area contributed by atoms with Crippen LogP contribution in [0.3, 0.4) is 0 Å². The van der Waals surface area contributed by atoms with E-state index in [-0.39, 0.29) is 17.7 Å². The molecule has 0 radical (unpaired) electrons. The second-order valence-electron chi connectivity index (χ2n) is 6.14. The molecule has 1 saturated carbocycles. The molecule has 2 unspecified atom stereocenters. The summed E-state index contributed by atoms with van der Waals surface area (Å²) >= 11 is 0. The van der Waals surface area contributed by atoms with E-state index in [2.05, 4.69) is 0 Å². The predicted octanol–water partition coefficient (Wildman–Crippen LogP) is 1.93. The van der Waals surface area contributed by atoms with Gasteiger partial charge in [-0.1, -0.05) is 0 Å². The van der Waals surface area contributed by atoms with Gasteiger partial charge in [-0.25, -0.2) is 4.79 Å². The number of rotatable bonds is 0. The molecule has 1 amide bonds. The monoisotopic (exact) mass is 225 g/mol. The number of fused-ring (bicyclic) bond motifs is 2. The first-order chi connectivity index (χ1) is 7.42. The van der Waals surface area contributed by atoms with E-state index in [9.17, 15) is 4.79 Å². The van der Waals surface area contributed by atoms with E-state index < -0.39 is 5.60 Å². The maximum Gasteiger partial charge on any atom is 0.410 e. The van der Waals surface area contributed by atoms with Crippen molar-refractivity contribution in [3.63, 3.8) is 0 Å². The summed E-state index contributed by atoms with van der Waals surface area (Å²) in [6, 6.07) is 0. The van der Waals surface area contributed by atoms with E-state index in [0.717, 1.165) is 19.4 Å². The molecule has 4 heteroatoms. The van der Waals surface area contributed by atoms with Gasteiger partial charge in [-0.2, -0.15) is 0 Å². The second-order valence-corrected chi connectivity index (χ2v) is 6.14. The van der Waals surface area contributed by atoms with Gasteiger partial charge < -0.3 is 9.47 Å². The number of epoxide rings is 1.